The molecule has 0 bridgehead atoms. The van der Waals surface area contributed by atoms with E-state index in [9.17, 15) is 20.0 Å². The van der Waals surface area contributed by atoms with Crippen LogP contribution < -0.4 is 5.32 Å². The highest BCUT2D eigenvalue weighted by Crippen LogP contribution is 2.52. The molecule has 2 aliphatic carbocycles. The second-order valence-corrected chi connectivity index (χ2v) is 6.98. The molecule has 0 radical (unpaired) electrons. The number of anilines is 1. The molecule has 6 heteroatoms. The summed E-state index contributed by atoms with van der Waals surface area (Å²) in [6, 6.07) is 3.72. The lowest BCUT2D eigenvalue weighted by atomic mass is 10.1. The van der Waals surface area contributed by atoms with Crippen molar-refractivity contribution < 1.29 is 14.8 Å². The fourth-order valence-electron chi connectivity index (χ4n) is 3.82. The number of rotatable bonds is 3. The summed E-state index contributed by atoms with van der Waals surface area (Å²) < 4.78 is 0. The number of benzene rings is 1. The number of nitrogens with one attached hydrogen (secondary N) is 1. The minimum Gasteiger partial charge on any atom is -0.506 e. The van der Waals surface area contributed by atoms with Gasteiger partial charge >= 0.3 is 0 Å². The van der Waals surface area contributed by atoms with E-state index in [1.165, 1.54) is 12.1 Å². The van der Waals surface area contributed by atoms with Gasteiger partial charge in [0.15, 0.2) is 0 Å². The first-order valence-electron chi connectivity index (χ1n) is 9.16. The average molecular weight is 356 g/mol. The first kappa shape index (κ1) is 18.2. The number of hydrogen-bond acceptors (Lipinski definition) is 4. The van der Waals surface area contributed by atoms with Gasteiger partial charge in [-0.1, -0.05) is 24.3 Å². The Morgan fingerprint density at radius 2 is 1.62 bits per heavy atom. The van der Waals surface area contributed by atoms with Crippen LogP contribution in [0.5, 0.6) is 5.75 Å². The van der Waals surface area contributed by atoms with Crippen molar-refractivity contribution >= 4 is 17.3 Å². The number of hydrogen-bond donors (Lipinski definition) is 2. The molecule has 3 unspecified atom stereocenters. The maximum atomic E-state index is 12.7. The molecule has 1 saturated carbocycles. The average Bonchev–Trinajstić information content (AvgIpc) is 3.29. The number of nitrogens with zero attached hydrogens (tertiary/aromatic N) is 1. The number of nitro benzene ring substituents is 1. The third-order valence-electron chi connectivity index (χ3n) is 5.25. The fourth-order valence-corrected chi connectivity index (χ4v) is 3.82. The van der Waals surface area contributed by atoms with Gasteiger partial charge in [-0.15, -0.1) is 0 Å². The molecule has 0 aliphatic heterocycles. The Bertz CT molecular complexity index is 717. The lowest BCUT2D eigenvalue weighted by Gasteiger charge is -2.07. The number of phenolic OH excluding ortho intramolecular Hbond substituents is 1. The summed E-state index contributed by atoms with van der Waals surface area (Å²) in [6.45, 7) is 0. The number of nitro groups is 1. The predicted octanol–water partition coefficient (Wildman–Crippen LogP) is 4.57. The summed E-state index contributed by atoms with van der Waals surface area (Å²) in [6.07, 6.45) is 14.9. The van der Waals surface area contributed by atoms with E-state index in [2.05, 4.69) is 29.6 Å². The number of amides is 1. The summed E-state index contributed by atoms with van der Waals surface area (Å²) in [5.74, 6) is 0.303. The van der Waals surface area contributed by atoms with Crippen molar-refractivity contribution in [3.8, 4) is 5.75 Å². The van der Waals surface area contributed by atoms with Crippen LogP contribution in [0.2, 0.25) is 0 Å². The summed E-state index contributed by atoms with van der Waals surface area (Å²) in [5.41, 5.74) is 0.0227. The first-order chi connectivity index (χ1) is 12.6. The molecular weight excluding hydrogens is 332 g/mol. The quantitative estimate of drug-likeness (QED) is 0.359. The second-order valence-electron chi connectivity index (χ2n) is 6.98. The molecule has 6 nitrogen and oxygen atoms in total. The minimum absolute atomic E-state index is 0.0489. The topological polar surface area (TPSA) is 92.5 Å². The molecule has 3 rings (SSSR count). The van der Waals surface area contributed by atoms with Crippen LogP contribution in [-0.2, 0) is 4.79 Å². The molecule has 1 aromatic carbocycles. The molecule has 0 saturated heterocycles. The highest BCUT2D eigenvalue weighted by molar-refractivity contribution is 5.96. The summed E-state index contributed by atoms with van der Waals surface area (Å²) >= 11 is 0. The van der Waals surface area contributed by atoms with Crippen LogP contribution in [0.1, 0.15) is 38.5 Å². The maximum Gasteiger partial charge on any atom is 0.273 e. The number of allylic oxidation sites excluding steroid dienone is 4. The summed E-state index contributed by atoms with van der Waals surface area (Å²) in [4.78, 5) is 22.8. The second kappa shape index (κ2) is 8.17. The molecule has 1 amide bonds. The first-order valence-corrected chi connectivity index (χ1v) is 9.16. The molecule has 2 N–H and O–H groups in total. The Labute approximate surface area is 152 Å². The largest absolute Gasteiger partial charge is 0.506 e. The van der Waals surface area contributed by atoms with E-state index >= 15 is 0 Å². The predicted molar refractivity (Wildman–Crippen MR) is 99.8 cm³/mol. The van der Waals surface area contributed by atoms with E-state index in [0.29, 0.717) is 11.8 Å². The Morgan fingerprint density at radius 3 is 2.15 bits per heavy atom. The summed E-state index contributed by atoms with van der Waals surface area (Å²) in [5, 5.41) is 23.4. The van der Waals surface area contributed by atoms with Crippen molar-refractivity contribution in [1.82, 2.24) is 0 Å². The van der Waals surface area contributed by atoms with Gasteiger partial charge in [-0.25, -0.2) is 0 Å². The molecule has 0 heterocycles. The van der Waals surface area contributed by atoms with Crippen molar-refractivity contribution in [2.45, 2.75) is 38.5 Å². The van der Waals surface area contributed by atoms with E-state index in [0.717, 1.165) is 44.6 Å². The number of carbonyl (C=O) groups excluding carboxylic acids is 1. The standard InChI is InChI=1S/C20H24N2O4/c23-18-13-14(22(25)26)11-12-17(18)21-20(24)19-15-9-7-5-3-1-2-4-6-8-10-16(15)19/h3-6,11-13,15-16,19,23H,1-2,7-10H2,(H,21,24)/b5-3-,6-4+. The number of fused-ring (bicyclic) bond motifs is 1. The van der Waals surface area contributed by atoms with Crippen LogP contribution in [-0.4, -0.2) is 15.9 Å². The lowest BCUT2D eigenvalue weighted by molar-refractivity contribution is -0.384. The Morgan fingerprint density at radius 1 is 1.04 bits per heavy atom. The molecule has 1 aromatic rings. The number of non-ortho nitro benzene ring substituents is 1. The van der Waals surface area contributed by atoms with Crippen LogP contribution in [0.3, 0.4) is 0 Å². The highest BCUT2D eigenvalue weighted by Gasteiger charge is 2.52. The van der Waals surface area contributed by atoms with Gasteiger partial charge in [-0.2, -0.15) is 0 Å². The smallest absolute Gasteiger partial charge is 0.273 e. The highest BCUT2D eigenvalue weighted by atomic mass is 16.6. The molecule has 1 fully saturated rings. The van der Waals surface area contributed by atoms with Crippen molar-refractivity contribution in [1.29, 1.82) is 0 Å². The lowest BCUT2D eigenvalue weighted by Crippen LogP contribution is -2.16. The normalized spacial score (nSPS) is 27.9. The van der Waals surface area contributed by atoms with Crippen molar-refractivity contribution in [2.24, 2.45) is 17.8 Å². The number of carbonyl (C=O) groups is 1. The third-order valence-corrected chi connectivity index (χ3v) is 5.25. The maximum absolute atomic E-state index is 12.7. The Hall–Kier alpha value is -2.63. The van der Waals surface area contributed by atoms with Crippen LogP contribution in [0.25, 0.3) is 0 Å². The van der Waals surface area contributed by atoms with Gasteiger partial charge in [0, 0.05) is 12.0 Å². The molecule has 2 aliphatic rings. The van der Waals surface area contributed by atoms with Gasteiger partial charge in [0.25, 0.3) is 5.69 Å². The minimum atomic E-state index is -0.577. The van der Waals surface area contributed by atoms with Crippen LogP contribution >= 0.6 is 0 Å². The Kier molecular flexibility index (Phi) is 5.71. The molecule has 138 valence electrons. The Balaban J connectivity index is 1.65. The molecule has 0 spiro atoms. The molecular formula is C20H24N2O4. The molecule has 0 aromatic heterocycles. The molecule has 26 heavy (non-hydrogen) atoms. The van der Waals surface area contributed by atoms with Crippen molar-refractivity contribution in [2.75, 3.05) is 5.32 Å². The number of phenols is 1. The third kappa shape index (κ3) is 4.31. The zero-order valence-corrected chi connectivity index (χ0v) is 14.6. The van der Waals surface area contributed by atoms with Crippen molar-refractivity contribution in [3.63, 3.8) is 0 Å². The molecule has 3 atom stereocenters. The van der Waals surface area contributed by atoms with Gasteiger partial charge in [0.2, 0.25) is 5.91 Å². The van der Waals surface area contributed by atoms with Gasteiger partial charge in [-0.05, 0) is 56.4 Å². The van der Waals surface area contributed by atoms with E-state index in [1.807, 2.05) is 0 Å². The van der Waals surface area contributed by atoms with Gasteiger partial charge < -0.3 is 10.4 Å². The number of aromatic hydroxyl groups is 1. The van der Waals surface area contributed by atoms with E-state index in [-0.39, 0.29) is 28.9 Å². The SMILES string of the molecule is O=C(Nc1ccc([N+](=O)[O-])cc1O)C1C2CC/C=C\CC/C=C/CCC21. The van der Waals surface area contributed by atoms with E-state index in [1.54, 1.807) is 0 Å². The van der Waals surface area contributed by atoms with Gasteiger partial charge in [0.05, 0.1) is 16.7 Å². The van der Waals surface area contributed by atoms with E-state index < -0.39 is 4.92 Å². The monoisotopic (exact) mass is 356 g/mol. The van der Waals surface area contributed by atoms with Gasteiger partial charge in [0.1, 0.15) is 5.75 Å². The summed E-state index contributed by atoms with van der Waals surface area (Å²) in [7, 11) is 0. The van der Waals surface area contributed by atoms with Crippen LogP contribution in [0.4, 0.5) is 11.4 Å². The fraction of sp³-hybridized carbons (Fsp3) is 0.450. The zero-order valence-electron chi connectivity index (χ0n) is 14.6. The van der Waals surface area contributed by atoms with Gasteiger partial charge in [-0.3, -0.25) is 14.9 Å². The van der Waals surface area contributed by atoms with E-state index in [4.69, 9.17) is 0 Å². The van der Waals surface area contributed by atoms with Crippen LogP contribution in [0, 0.1) is 27.9 Å². The van der Waals surface area contributed by atoms with Crippen molar-refractivity contribution in [3.05, 3.63) is 52.6 Å². The van der Waals surface area contributed by atoms with Crippen LogP contribution in [0.15, 0.2) is 42.5 Å². The zero-order chi connectivity index (χ0) is 18.5.